The van der Waals surface area contributed by atoms with Crippen LogP contribution in [0.2, 0.25) is 10.0 Å². The van der Waals surface area contributed by atoms with Gasteiger partial charge in [-0.3, -0.25) is 14.9 Å². The van der Waals surface area contributed by atoms with E-state index in [1.165, 1.54) is 24.4 Å². The highest BCUT2D eigenvalue weighted by atomic mass is 35.5. The van der Waals surface area contributed by atoms with Crippen molar-refractivity contribution in [1.29, 1.82) is 0 Å². The SMILES string of the molecule is Cc1cc(Cl)ccc1OCC(=O)N/N=C\c1ccc(-c2ccc([N+](=O)[O-])cc2Cl)o1. The van der Waals surface area contributed by atoms with Crippen LogP contribution in [0, 0.1) is 17.0 Å². The summed E-state index contributed by atoms with van der Waals surface area (Å²) in [6, 6.07) is 12.4. The number of benzene rings is 2. The Kier molecular flexibility index (Phi) is 6.71. The van der Waals surface area contributed by atoms with E-state index in [0.29, 0.717) is 27.9 Å². The summed E-state index contributed by atoms with van der Waals surface area (Å²) in [5.74, 6) is 0.860. The van der Waals surface area contributed by atoms with Gasteiger partial charge >= 0.3 is 0 Å². The van der Waals surface area contributed by atoms with E-state index in [0.717, 1.165) is 5.56 Å². The molecule has 0 fully saturated rings. The number of hydrogen-bond acceptors (Lipinski definition) is 6. The number of non-ortho nitro benzene ring substituents is 1. The molecule has 0 unspecified atom stereocenters. The van der Waals surface area contributed by atoms with Gasteiger partial charge in [-0.15, -0.1) is 0 Å². The molecule has 154 valence electrons. The lowest BCUT2D eigenvalue weighted by atomic mass is 10.1. The van der Waals surface area contributed by atoms with Crippen molar-refractivity contribution in [2.45, 2.75) is 6.92 Å². The lowest BCUT2D eigenvalue weighted by molar-refractivity contribution is -0.384. The highest BCUT2D eigenvalue weighted by Crippen LogP contribution is 2.32. The number of nitro groups is 1. The van der Waals surface area contributed by atoms with E-state index in [4.69, 9.17) is 32.4 Å². The standard InChI is InChI=1S/C20H15Cl2N3O5/c1-12-8-13(21)2-6-18(12)29-11-20(26)24-23-10-15-4-7-19(30-15)16-5-3-14(25(27)28)9-17(16)22/h2-10H,11H2,1H3,(H,24,26)/b23-10-. The molecule has 0 aliphatic heterocycles. The second-order valence-corrected chi connectivity index (χ2v) is 6.96. The number of aryl methyl sites for hydroxylation is 1. The van der Waals surface area contributed by atoms with Gasteiger partial charge in [-0.05, 0) is 48.9 Å². The van der Waals surface area contributed by atoms with Gasteiger partial charge in [-0.25, -0.2) is 5.43 Å². The van der Waals surface area contributed by atoms with Gasteiger partial charge in [-0.1, -0.05) is 23.2 Å². The number of ether oxygens (including phenoxy) is 1. The van der Waals surface area contributed by atoms with Gasteiger partial charge in [0.2, 0.25) is 0 Å². The molecule has 0 spiro atoms. The predicted molar refractivity (Wildman–Crippen MR) is 113 cm³/mol. The van der Waals surface area contributed by atoms with Crippen molar-refractivity contribution in [3.8, 4) is 17.1 Å². The van der Waals surface area contributed by atoms with Gasteiger partial charge in [0.1, 0.15) is 17.3 Å². The molecule has 0 saturated carbocycles. The molecule has 0 saturated heterocycles. The summed E-state index contributed by atoms with van der Waals surface area (Å²) in [5.41, 5.74) is 3.53. The Hall–Kier alpha value is -3.36. The molecule has 2 aromatic carbocycles. The molecule has 0 atom stereocenters. The van der Waals surface area contributed by atoms with Crippen molar-refractivity contribution in [2.75, 3.05) is 6.61 Å². The number of amides is 1. The van der Waals surface area contributed by atoms with E-state index < -0.39 is 10.8 Å². The molecule has 0 aliphatic carbocycles. The Bertz CT molecular complexity index is 1130. The maximum atomic E-state index is 11.9. The van der Waals surface area contributed by atoms with Crippen LogP contribution in [-0.4, -0.2) is 23.7 Å². The van der Waals surface area contributed by atoms with Crippen LogP contribution in [0.4, 0.5) is 5.69 Å². The van der Waals surface area contributed by atoms with Crippen molar-refractivity contribution in [2.24, 2.45) is 5.10 Å². The molecule has 3 aromatic rings. The zero-order chi connectivity index (χ0) is 21.7. The Morgan fingerprint density at radius 1 is 1.23 bits per heavy atom. The molecule has 8 nitrogen and oxygen atoms in total. The van der Waals surface area contributed by atoms with Crippen molar-refractivity contribution < 1.29 is 18.9 Å². The number of halogens is 2. The normalized spacial score (nSPS) is 10.9. The largest absolute Gasteiger partial charge is 0.483 e. The van der Waals surface area contributed by atoms with Gasteiger partial charge in [0.05, 0.1) is 16.2 Å². The molecular formula is C20H15Cl2N3O5. The Balaban J connectivity index is 1.56. The summed E-state index contributed by atoms with van der Waals surface area (Å²) >= 11 is 12.0. The van der Waals surface area contributed by atoms with Crippen LogP contribution in [0.15, 0.2) is 58.0 Å². The highest BCUT2D eigenvalue weighted by Gasteiger charge is 2.13. The zero-order valence-electron chi connectivity index (χ0n) is 15.6. The average Bonchev–Trinajstić information content (AvgIpc) is 3.15. The first kappa shape index (κ1) is 21.4. The second kappa shape index (κ2) is 9.43. The summed E-state index contributed by atoms with van der Waals surface area (Å²) in [6.07, 6.45) is 1.31. The summed E-state index contributed by atoms with van der Waals surface area (Å²) in [4.78, 5) is 22.1. The van der Waals surface area contributed by atoms with Gasteiger partial charge in [0.15, 0.2) is 6.61 Å². The summed E-state index contributed by atoms with van der Waals surface area (Å²) in [6.45, 7) is 1.60. The van der Waals surface area contributed by atoms with E-state index in [9.17, 15) is 14.9 Å². The lowest BCUT2D eigenvalue weighted by Gasteiger charge is -2.08. The number of nitro benzene ring substituents is 1. The quantitative estimate of drug-likeness (QED) is 0.311. The Morgan fingerprint density at radius 2 is 2.03 bits per heavy atom. The Labute approximate surface area is 181 Å². The van der Waals surface area contributed by atoms with E-state index in [1.807, 2.05) is 6.92 Å². The highest BCUT2D eigenvalue weighted by molar-refractivity contribution is 6.33. The van der Waals surface area contributed by atoms with E-state index >= 15 is 0 Å². The molecule has 1 amide bonds. The van der Waals surface area contributed by atoms with Crippen molar-refractivity contribution in [1.82, 2.24) is 5.43 Å². The second-order valence-electron chi connectivity index (χ2n) is 6.11. The van der Waals surface area contributed by atoms with Crippen molar-refractivity contribution >= 4 is 41.0 Å². The summed E-state index contributed by atoms with van der Waals surface area (Å²) in [7, 11) is 0. The maximum absolute atomic E-state index is 11.9. The molecule has 30 heavy (non-hydrogen) atoms. The zero-order valence-corrected chi connectivity index (χ0v) is 17.1. The van der Waals surface area contributed by atoms with Crippen LogP contribution in [-0.2, 0) is 4.79 Å². The molecule has 0 bridgehead atoms. The minimum Gasteiger partial charge on any atom is -0.483 e. The summed E-state index contributed by atoms with van der Waals surface area (Å²) < 4.78 is 11.0. The fourth-order valence-electron chi connectivity index (χ4n) is 2.50. The molecule has 1 heterocycles. The van der Waals surface area contributed by atoms with Crippen LogP contribution >= 0.6 is 23.2 Å². The van der Waals surface area contributed by atoms with Gasteiger partial charge < -0.3 is 9.15 Å². The fraction of sp³-hybridized carbons (Fsp3) is 0.100. The van der Waals surface area contributed by atoms with Crippen LogP contribution in [0.5, 0.6) is 5.75 Å². The average molecular weight is 448 g/mol. The fourth-order valence-corrected chi connectivity index (χ4v) is 3.00. The van der Waals surface area contributed by atoms with Gasteiger partial charge in [0, 0.05) is 22.7 Å². The number of hydrazone groups is 1. The van der Waals surface area contributed by atoms with Crippen LogP contribution in [0.25, 0.3) is 11.3 Å². The third-order valence-electron chi connectivity index (χ3n) is 3.93. The topological polar surface area (TPSA) is 107 Å². The first-order valence-corrected chi connectivity index (χ1v) is 9.34. The minimum absolute atomic E-state index is 0.115. The predicted octanol–water partition coefficient (Wildman–Crippen LogP) is 5.00. The maximum Gasteiger partial charge on any atom is 0.277 e. The number of hydrogen-bond donors (Lipinski definition) is 1. The van der Waals surface area contributed by atoms with Gasteiger partial charge in [0.25, 0.3) is 11.6 Å². The van der Waals surface area contributed by atoms with E-state index in [-0.39, 0.29) is 17.3 Å². The van der Waals surface area contributed by atoms with E-state index in [2.05, 4.69) is 10.5 Å². The van der Waals surface area contributed by atoms with E-state index in [1.54, 1.807) is 30.3 Å². The third-order valence-corrected chi connectivity index (χ3v) is 4.48. The smallest absolute Gasteiger partial charge is 0.277 e. The molecule has 3 rings (SSSR count). The minimum atomic E-state index is -0.531. The van der Waals surface area contributed by atoms with Crippen molar-refractivity contribution in [3.05, 3.63) is 80.0 Å². The number of carbonyl (C=O) groups excluding carboxylic acids is 1. The Morgan fingerprint density at radius 3 is 2.73 bits per heavy atom. The number of nitrogens with one attached hydrogen (secondary N) is 1. The van der Waals surface area contributed by atoms with Crippen molar-refractivity contribution in [3.63, 3.8) is 0 Å². The lowest BCUT2D eigenvalue weighted by Crippen LogP contribution is -2.24. The van der Waals surface area contributed by atoms with Crippen LogP contribution < -0.4 is 10.2 Å². The molecule has 0 radical (unpaired) electrons. The molecule has 0 aliphatic rings. The third kappa shape index (κ3) is 5.37. The number of nitrogens with zero attached hydrogens (tertiary/aromatic N) is 2. The number of rotatable bonds is 7. The molecular weight excluding hydrogens is 433 g/mol. The van der Waals surface area contributed by atoms with Gasteiger partial charge in [-0.2, -0.15) is 5.10 Å². The first-order valence-electron chi connectivity index (χ1n) is 8.58. The molecule has 1 aromatic heterocycles. The first-order chi connectivity index (χ1) is 14.3. The number of furan rings is 1. The molecule has 1 N–H and O–H groups in total. The molecule has 10 heteroatoms. The van der Waals surface area contributed by atoms with Crippen LogP contribution in [0.1, 0.15) is 11.3 Å². The monoisotopic (exact) mass is 447 g/mol. The van der Waals surface area contributed by atoms with Crippen LogP contribution in [0.3, 0.4) is 0 Å². The summed E-state index contributed by atoms with van der Waals surface area (Å²) in [5, 5.41) is 15.4. The number of carbonyl (C=O) groups is 1.